The predicted octanol–water partition coefficient (Wildman–Crippen LogP) is 4.51. The lowest BCUT2D eigenvalue weighted by molar-refractivity contribution is -0.127. The molecule has 0 aromatic heterocycles. The van der Waals surface area contributed by atoms with Gasteiger partial charge in [0.25, 0.3) is 0 Å². The molecule has 2 atom stereocenters. The van der Waals surface area contributed by atoms with Crippen LogP contribution in [0.3, 0.4) is 0 Å². The molecule has 0 aliphatic heterocycles. The Morgan fingerprint density at radius 1 is 0.962 bits per heavy atom. The molecule has 26 heavy (non-hydrogen) atoms. The standard InChI is InChI=1S/C22H22BrNO2/c1-24(21(25)14-23)15-20(22(26)17-8-3-2-4-9-17)19-12-11-16-7-5-6-10-18(16)13-19/h2-13,20,22,26H,14-15H2,1H3/t20-,22-/m0/s1. The number of aliphatic hydroxyl groups excluding tert-OH is 1. The summed E-state index contributed by atoms with van der Waals surface area (Å²) in [5, 5.41) is 13.6. The van der Waals surface area contributed by atoms with E-state index in [1.165, 1.54) is 0 Å². The Bertz CT molecular complexity index is 881. The minimum atomic E-state index is -0.692. The highest BCUT2D eigenvalue weighted by atomic mass is 79.9. The topological polar surface area (TPSA) is 40.5 Å². The van der Waals surface area contributed by atoms with Gasteiger partial charge in [0.2, 0.25) is 5.91 Å². The molecular formula is C22H22BrNO2. The summed E-state index contributed by atoms with van der Waals surface area (Å²) in [4.78, 5) is 13.7. The van der Waals surface area contributed by atoms with Crippen molar-refractivity contribution in [3.05, 3.63) is 83.9 Å². The third-order valence-corrected chi connectivity index (χ3v) is 5.21. The van der Waals surface area contributed by atoms with E-state index in [9.17, 15) is 9.90 Å². The number of benzene rings is 3. The van der Waals surface area contributed by atoms with Gasteiger partial charge in [0, 0.05) is 19.5 Å². The summed E-state index contributed by atoms with van der Waals surface area (Å²) in [5.74, 6) is -0.217. The van der Waals surface area contributed by atoms with E-state index in [2.05, 4.69) is 40.2 Å². The van der Waals surface area contributed by atoms with Crippen LogP contribution < -0.4 is 0 Å². The van der Waals surface area contributed by atoms with Crippen molar-refractivity contribution in [2.45, 2.75) is 12.0 Å². The first kappa shape index (κ1) is 18.6. The van der Waals surface area contributed by atoms with Gasteiger partial charge in [-0.2, -0.15) is 0 Å². The quantitative estimate of drug-likeness (QED) is 0.606. The molecule has 134 valence electrons. The van der Waals surface area contributed by atoms with E-state index in [4.69, 9.17) is 0 Å². The van der Waals surface area contributed by atoms with Crippen molar-refractivity contribution in [1.82, 2.24) is 4.90 Å². The van der Waals surface area contributed by atoms with E-state index in [-0.39, 0.29) is 17.2 Å². The second kappa shape index (κ2) is 8.47. The first-order valence-electron chi connectivity index (χ1n) is 8.62. The summed E-state index contributed by atoms with van der Waals surface area (Å²) < 4.78 is 0. The number of carbonyl (C=O) groups is 1. The van der Waals surface area contributed by atoms with Crippen LogP contribution in [-0.2, 0) is 4.79 Å². The van der Waals surface area contributed by atoms with E-state index in [1.54, 1.807) is 11.9 Å². The van der Waals surface area contributed by atoms with E-state index in [0.717, 1.165) is 21.9 Å². The number of likely N-dealkylation sites (N-methyl/N-ethyl adjacent to an activating group) is 1. The number of fused-ring (bicyclic) bond motifs is 1. The van der Waals surface area contributed by atoms with Gasteiger partial charge in [-0.15, -0.1) is 0 Å². The summed E-state index contributed by atoms with van der Waals surface area (Å²) in [7, 11) is 1.77. The molecule has 3 rings (SSSR count). The first-order chi connectivity index (χ1) is 12.6. The smallest absolute Gasteiger partial charge is 0.232 e. The number of hydrogen-bond donors (Lipinski definition) is 1. The molecule has 3 aromatic rings. The third-order valence-electron chi connectivity index (χ3n) is 4.73. The van der Waals surface area contributed by atoms with Gasteiger partial charge in [0.1, 0.15) is 0 Å². The summed E-state index contributed by atoms with van der Waals surface area (Å²) in [6.45, 7) is 0.443. The Balaban J connectivity index is 1.99. The van der Waals surface area contributed by atoms with Crippen molar-refractivity contribution in [3.8, 4) is 0 Å². The van der Waals surface area contributed by atoms with Crippen molar-refractivity contribution < 1.29 is 9.90 Å². The summed E-state index contributed by atoms with van der Waals surface area (Å²) >= 11 is 3.22. The SMILES string of the molecule is CN(C[C@@H](c1ccc2ccccc2c1)[C@@H](O)c1ccccc1)C(=O)CBr. The molecule has 3 nitrogen and oxygen atoms in total. The van der Waals surface area contributed by atoms with Crippen LogP contribution >= 0.6 is 15.9 Å². The number of hydrogen-bond acceptors (Lipinski definition) is 2. The lowest BCUT2D eigenvalue weighted by Gasteiger charge is -2.28. The highest BCUT2D eigenvalue weighted by Crippen LogP contribution is 2.33. The van der Waals surface area contributed by atoms with Crippen molar-refractivity contribution in [1.29, 1.82) is 0 Å². The first-order valence-corrected chi connectivity index (χ1v) is 9.74. The number of halogens is 1. The molecule has 0 saturated heterocycles. The molecule has 0 bridgehead atoms. The summed E-state index contributed by atoms with van der Waals surface area (Å²) in [6.07, 6.45) is -0.692. The van der Waals surface area contributed by atoms with Crippen LogP contribution in [0, 0.1) is 0 Å². The average Bonchev–Trinajstić information content (AvgIpc) is 2.71. The predicted molar refractivity (Wildman–Crippen MR) is 110 cm³/mol. The monoisotopic (exact) mass is 411 g/mol. The second-order valence-electron chi connectivity index (χ2n) is 6.48. The number of rotatable bonds is 6. The van der Waals surface area contributed by atoms with Crippen molar-refractivity contribution in [2.24, 2.45) is 0 Å². The molecule has 0 aliphatic rings. The molecule has 4 heteroatoms. The molecule has 0 saturated carbocycles. The highest BCUT2D eigenvalue weighted by molar-refractivity contribution is 9.09. The van der Waals surface area contributed by atoms with Crippen LogP contribution in [0.4, 0.5) is 0 Å². The van der Waals surface area contributed by atoms with Gasteiger partial charge >= 0.3 is 0 Å². The van der Waals surface area contributed by atoms with Crippen LogP contribution in [-0.4, -0.2) is 34.8 Å². The molecule has 0 unspecified atom stereocenters. The van der Waals surface area contributed by atoms with Gasteiger partial charge in [-0.05, 0) is 21.9 Å². The third kappa shape index (κ3) is 4.14. The van der Waals surface area contributed by atoms with E-state index < -0.39 is 6.10 Å². The number of amides is 1. The van der Waals surface area contributed by atoms with Gasteiger partial charge in [0.15, 0.2) is 0 Å². The molecule has 0 radical (unpaired) electrons. The molecular weight excluding hydrogens is 390 g/mol. The molecule has 0 fully saturated rings. The zero-order valence-electron chi connectivity index (χ0n) is 14.7. The fraction of sp³-hybridized carbons (Fsp3) is 0.227. The molecule has 0 aliphatic carbocycles. The van der Waals surface area contributed by atoms with Gasteiger partial charge < -0.3 is 10.0 Å². The second-order valence-corrected chi connectivity index (χ2v) is 7.04. The Labute approximate surface area is 162 Å². The highest BCUT2D eigenvalue weighted by Gasteiger charge is 2.25. The number of aliphatic hydroxyl groups is 1. The summed E-state index contributed by atoms with van der Waals surface area (Å²) in [5.41, 5.74) is 1.87. The van der Waals surface area contributed by atoms with Gasteiger partial charge in [-0.25, -0.2) is 0 Å². The summed E-state index contributed by atoms with van der Waals surface area (Å²) in [6, 6.07) is 24.0. The maximum Gasteiger partial charge on any atom is 0.232 e. The lowest BCUT2D eigenvalue weighted by Crippen LogP contribution is -2.33. The Kier molecular flexibility index (Phi) is 6.07. The zero-order chi connectivity index (χ0) is 18.5. The van der Waals surface area contributed by atoms with Crippen LogP contribution in [0.1, 0.15) is 23.1 Å². The lowest BCUT2D eigenvalue weighted by atomic mass is 9.87. The molecule has 0 spiro atoms. The van der Waals surface area contributed by atoms with Gasteiger partial charge in [0.05, 0.1) is 11.4 Å². The minimum absolute atomic E-state index is 0.00366. The van der Waals surface area contributed by atoms with Crippen LogP contribution in [0.5, 0.6) is 0 Å². The van der Waals surface area contributed by atoms with E-state index in [0.29, 0.717) is 6.54 Å². The number of alkyl halides is 1. The van der Waals surface area contributed by atoms with Crippen LogP contribution in [0.25, 0.3) is 10.8 Å². The van der Waals surface area contributed by atoms with Crippen LogP contribution in [0.15, 0.2) is 72.8 Å². The Morgan fingerprint density at radius 3 is 2.31 bits per heavy atom. The molecule has 1 amide bonds. The zero-order valence-corrected chi connectivity index (χ0v) is 16.3. The van der Waals surface area contributed by atoms with Gasteiger partial charge in [-0.1, -0.05) is 88.7 Å². The van der Waals surface area contributed by atoms with Crippen molar-refractivity contribution >= 4 is 32.6 Å². The molecule has 1 N–H and O–H groups in total. The minimum Gasteiger partial charge on any atom is -0.388 e. The van der Waals surface area contributed by atoms with Crippen molar-refractivity contribution in [3.63, 3.8) is 0 Å². The average molecular weight is 412 g/mol. The maximum atomic E-state index is 12.0. The Morgan fingerprint density at radius 2 is 1.62 bits per heavy atom. The van der Waals surface area contributed by atoms with Crippen LogP contribution in [0.2, 0.25) is 0 Å². The Hall–Kier alpha value is -2.17. The number of carbonyl (C=O) groups excluding carboxylic acids is 1. The molecule has 0 heterocycles. The fourth-order valence-corrected chi connectivity index (χ4v) is 3.64. The van der Waals surface area contributed by atoms with E-state index in [1.807, 2.05) is 48.5 Å². The number of nitrogens with zero attached hydrogens (tertiary/aromatic N) is 1. The molecule has 3 aromatic carbocycles. The largest absolute Gasteiger partial charge is 0.388 e. The van der Waals surface area contributed by atoms with E-state index >= 15 is 0 Å². The van der Waals surface area contributed by atoms with Crippen molar-refractivity contribution in [2.75, 3.05) is 18.9 Å². The normalized spacial score (nSPS) is 13.3. The fourth-order valence-electron chi connectivity index (χ4n) is 3.21. The van der Waals surface area contributed by atoms with Gasteiger partial charge in [-0.3, -0.25) is 4.79 Å². The maximum absolute atomic E-state index is 12.0.